The third kappa shape index (κ3) is 8.15. The van der Waals surface area contributed by atoms with Gasteiger partial charge in [-0.2, -0.15) is 0 Å². The number of halogens is 2. The van der Waals surface area contributed by atoms with Crippen molar-refractivity contribution in [1.29, 1.82) is 0 Å². The molecule has 0 aliphatic heterocycles. The second kappa shape index (κ2) is 14.6. The highest BCUT2D eigenvalue weighted by atomic mass is 35.5. The van der Waals surface area contributed by atoms with Crippen molar-refractivity contribution in [2.45, 2.75) is 57.6 Å². The van der Waals surface area contributed by atoms with Gasteiger partial charge in [0.15, 0.2) is 0 Å². The lowest BCUT2D eigenvalue weighted by Gasteiger charge is -2.34. The number of ether oxygens (including phenoxy) is 1. The van der Waals surface area contributed by atoms with Crippen LogP contribution in [-0.4, -0.2) is 50.4 Å². The van der Waals surface area contributed by atoms with Gasteiger partial charge in [0, 0.05) is 12.6 Å². The van der Waals surface area contributed by atoms with Crippen LogP contribution in [-0.2, 0) is 26.2 Å². The molecule has 3 rings (SSSR count). The molecule has 0 saturated carbocycles. The van der Waals surface area contributed by atoms with E-state index >= 15 is 0 Å². The maximum Gasteiger partial charge on any atom is 0.264 e. The molecule has 1 N–H and O–H groups in total. The highest BCUT2D eigenvalue weighted by Gasteiger charge is 2.34. The third-order valence-corrected chi connectivity index (χ3v) is 8.71. The van der Waals surface area contributed by atoms with Gasteiger partial charge in [-0.15, -0.1) is 0 Å². The molecule has 1 atom stereocenters. The Morgan fingerprint density at radius 2 is 1.59 bits per heavy atom. The molecule has 0 spiro atoms. The van der Waals surface area contributed by atoms with Crippen LogP contribution in [0.25, 0.3) is 0 Å². The Bertz CT molecular complexity index is 1450. The quantitative estimate of drug-likeness (QED) is 0.256. The fraction of sp³-hybridized carbons (Fsp3) is 0.333. The van der Waals surface area contributed by atoms with Crippen molar-refractivity contribution in [3.63, 3.8) is 0 Å². The number of nitrogens with zero attached hydrogens (tertiary/aromatic N) is 2. The molecule has 2 amide bonds. The maximum atomic E-state index is 14.2. The van der Waals surface area contributed by atoms with Gasteiger partial charge in [0.2, 0.25) is 11.8 Å². The lowest BCUT2D eigenvalue weighted by molar-refractivity contribution is -0.140. The van der Waals surface area contributed by atoms with E-state index in [1.807, 2.05) is 13.8 Å². The highest BCUT2D eigenvalue weighted by molar-refractivity contribution is 7.92. The summed E-state index contributed by atoms with van der Waals surface area (Å²) in [6, 6.07) is 18.4. The molecule has 0 aliphatic rings. The maximum absolute atomic E-state index is 14.2. The first-order chi connectivity index (χ1) is 19.5. The van der Waals surface area contributed by atoms with Crippen LogP contribution in [0.3, 0.4) is 0 Å². The number of hydrogen-bond acceptors (Lipinski definition) is 5. The molecular weight excluding hydrogens is 585 g/mol. The van der Waals surface area contributed by atoms with Gasteiger partial charge in [0.1, 0.15) is 18.3 Å². The predicted octanol–water partition coefficient (Wildman–Crippen LogP) is 5.92. The lowest BCUT2D eigenvalue weighted by Crippen LogP contribution is -2.53. The van der Waals surface area contributed by atoms with Gasteiger partial charge in [-0.1, -0.05) is 66.5 Å². The van der Waals surface area contributed by atoms with E-state index in [0.717, 1.165) is 4.31 Å². The monoisotopic (exact) mass is 619 g/mol. The molecule has 0 bridgehead atoms. The van der Waals surface area contributed by atoms with Crippen LogP contribution in [0.15, 0.2) is 77.7 Å². The van der Waals surface area contributed by atoms with Crippen molar-refractivity contribution in [1.82, 2.24) is 10.2 Å². The lowest BCUT2D eigenvalue weighted by atomic mass is 10.1. The molecule has 3 aromatic carbocycles. The van der Waals surface area contributed by atoms with Crippen LogP contribution in [0, 0.1) is 0 Å². The average Bonchev–Trinajstić information content (AvgIpc) is 2.94. The molecule has 0 heterocycles. The second-order valence-corrected chi connectivity index (χ2v) is 12.3. The predicted molar refractivity (Wildman–Crippen MR) is 163 cm³/mol. The summed E-state index contributed by atoms with van der Waals surface area (Å²) in [5.74, 6) is -0.612. The molecule has 3 aromatic rings. The van der Waals surface area contributed by atoms with Gasteiger partial charge >= 0.3 is 0 Å². The smallest absolute Gasteiger partial charge is 0.264 e. The molecule has 0 aromatic heterocycles. The Morgan fingerprint density at radius 3 is 2.20 bits per heavy atom. The van der Waals surface area contributed by atoms with Gasteiger partial charge < -0.3 is 15.0 Å². The van der Waals surface area contributed by atoms with E-state index in [1.165, 1.54) is 17.0 Å². The van der Waals surface area contributed by atoms with E-state index in [2.05, 4.69) is 5.32 Å². The summed E-state index contributed by atoms with van der Waals surface area (Å²) in [5, 5.41) is 3.52. The summed E-state index contributed by atoms with van der Waals surface area (Å²) in [7, 11) is -4.21. The number of sulfonamides is 1. The summed E-state index contributed by atoms with van der Waals surface area (Å²) in [6.45, 7) is 6.96. The van der Waals surface area contributed by atoms with Crippen LogP contribution in [0.2, 0.25) is 10.0 Å². The van der Waals surface area contributed by atoms with Gasteiger partial charge in [-0.05, 0) is 69.2 Å². The summed E-state index contributed by atoms with van der Waals surface area (Å²) < 4.78 is 34.8. The largest absolute Gasteiger partial charge is 0.492 e. The molecule has 0 fully saturated rings. The summed E-state index contributed by atoms with van der Waals surface area (Å²) in [4.78, 5) is 28.8. The number of anilines is 1. The standard InChI is InChI=1S/C30H35Cl2N3O5S/c1-5-26(30(37)33-21(3)4)34(19-22-16-17-24(31)25(32)18-22)29(36)20-35(27-14-10-11-15-28(27)40-6-2)41(38,39)23-12-8-7-9-13-23/h7-18,21,26H,5-6,19-20H2,1-4H3,(H,33,37). The number of hydrogen-bond donors (Lipinski definition) is 1. The minimum Gasteiger partial charge on any atom is -0.492 e. The summed E-state index contributed by atoms with van der Waals surface area (Å²) in [5.41, 5.74) is 0.844. The van der Waals surface area contributed by atoms with Crippen molar-refractivity contribution in [3.05, 3.63) is 88.4 Å². The highest BCUT2D eigenvalue weighted by Crippen LogP contribution is 2.33. The molecule has 41 heavy (non-hydrogen) atoms. The molecule has 1 unspecified atom stereocenters. The topological polar surface area (TPSA) is 96.0 Å². The molecular formula is C30H35Cl2N3O5S. The van der Waals surface area contributed by atoms with Gasteiger partial charge in [0.05, 0.1) is 27.2 Å². The second-order valence-electron chi connectivity index (χ2n) is 9.58. The van der Waals surface area contributed by atoms with E-state index in [-0.39, 0.29) is 29.1 Å². The van der Waals surface area contributed by atoms with E-state index in [1.54, 1.807) is 74.5 Å². The van der Waals surface area contributed by atoms with Crippen molar-refractivity contribution in [2.24, 2.45) is 0 Å². The fourth-order valence-corrected chi connectivity index (χ4v) is 6.08. The first-order valence-electron chi connectivity index (χ1n) is 13.3. The Labute approximate surface area is 252 Å². The number of carbonyl (C=O) groups excluding carboxylic acids is 2. The first kappa shape index (κ1) is 32.2. The Hall–Kier alpha value is -3.27. The number of carbonyl (C=O) groups is 2. The summed E-state index contributed by atoms with van der Waals surface area (Å²) >= 11 is 12.3. The zero-order chi connectivity index (χ0) is 30.2. The Balaban J connectivity index is 2.11. The van der Waals surface area contributed by atoms with Crippen LogP contribution < -0.4 is 14.4 Å². The number of benzene rings is 3. The van der Waals surface area contributed by atoms with E-state index < -0.39 is 28.5 Å². The number of nitrogens with one attached hydrogen (secondary N) is 1. The third-order valence-electron chi connectivity index (χ3n) is 6.20. The minimum atomic E-state index is -4.21. The number of amides is 2. The number of rotatable bonds is 13. The molecule has 11 heteroatoms. The molecule has 0 radical (unpaired) electrons. The van der Waals surface area contributed by atoms with Crippen LogP contribution in [0.5, 0.6) is 5.75 Å². The van der Waals surface area contributed by atoms with E-state index in [9.17, 15) is 18.0 Å². The van der Waals surface area contributed by atoms with Gasteiger partial charge in [-0.25, -0.2) is 8.42 Å². The molecule has 0 aliphatic carbocycles. The normalized spacial score (nSPS) is 12.1. The Kier molecular flexibility index (Phi) is 11.5. The minimum absolute atomic E-state index is 0.00603. The average molecular weight is 621 g/mol. The van der Waals surface area contributed by atoms with Crippen molar-refractivity contribution >= 4 is 50.7 Å². The SMILES string of the molecule is CCOc1ccccc1N(CC(=O)N(Cc1ccc(Cl)c(Cl)c1)C(CC)C(=O)NC(C)C)S(=O)(=O)c1ccccc1. The van der Waals surface area contributed by atoms with Crippen molar-refractivity contribution in [3.8, 4) is 5.75 Å². The van der Waals surface area contributed by atoms with E-state index in [4.69, 9.17) is 27.9 Å². The fourth-order valence-electron chi connectivity index (χ4n) is 4.31. The molecule has 8 nitrogen and oxygen atoms in total. The van der Waals surface area contributed by atoms with Gasteiger partial charge in [-0.3, -0.25) is 13.9 Å². The summed E-state index contributed by atoms with van der Waals surface area (Å²) in [6.07, 6.45) is 0.298. The first-order valence-corrected chi connectivity index (χ1v) is 15.5. The Morgan fingerprint density at radius 1 is 0.927 bits per heavy atom. The molecule has 0 saturated heterocycles. The van der Waals surface area contributed by atoms with Crippen LogP contribution in [0.1, 0.15) is 39.7 Å². The van der Waals surface area contributed by atoms with Crippen LogP contribution >= 0.6 is 23.2 Å². The van der Waals surface area contributed by atoms with E-state index in [0.29, 0.717) is 34.4 Å². The van der Waals surface area contributed by atoms with Crippen molar-refractivity contribution in [2.75, 3.05) is 17.5 Å². The zero-order valence-electron chi connectivity index (χ0n) is 23.5. The zero-order valence-corrected chi connectivity index (χ0v) is 25.8. The molecule has 220 valence electrons. The van der Waals surface area contributed by atoms with Crippen LogP contribution in [0.4, 0.5) is 5.69 Å². The number of para-hydroxylation sites is 2. The van der Waals surface area contributed by atoms with Crippen molar-refractivity contribution < 1.29 is 22.7 Å². The van der Waals surface area contributed by atoms with Gasteiger partial charge in [0.25, 0.3) is 10.0 Å².